The maximum absolute atomic E-state index is 11.4. The fourth-order valence-corrected chi connectivity index (χ4v) is 5.69. The van der Waals surface area contributed by atoms with Crippen molar-refractivity contribution in [1.29, 1.82) is 0 Å². The Hall–Kier alpha value is -4.14. The molecular formula is C31H34N4O5. The lowest BCUT2D eigenvalue weighted by Crippen LogP contribution is -2.63. The molecule has 3 aromatic rings. The third-order valence-electron chi connectivity index (χ3n) is 8.46. The molecule has 40 heavy (non-hydrogen) atoms. The second kappa shape index (κ2) is 9.80. The predicted molar refractivity (Wildman–Crippen MR) is 149 cm³/mol. The van der Waals surface area contributed by atoms with Gasteiger partial charge in [0, 0.05) is 43.0 Å². The number of anilines is 1. The molecule has 2 heterocycles. The molecule has 2 aromatic carbocycles. The standard InChI is InChI=1S/C31H34N4O5/c1-29(2,22-5-9-26(10-6-22)40-20-31(12-13-31)34-28(37)38)21-3-7-25(8-4-21)39-17-23-11-14-32-27(33-23)35-18-30(19-35)15-24(36)16-30/h3-11,14,34H,12-13,15-20H2,1-2H3,(H,37,38). The lowest BCUT2D eigenvalue weighted by atomic mass is 9.63. The second-order valence-electron chi connectivity index (χ2n) is 12.1. The Morgan fingerprint density at radius 2 is 1.57 bits per heavy atom. The largest absolute Gasteiger partial charge is 0.491 e. The average molecular weight is 543 g/mol. The number of amides is 1. The molecule has 0 atom stereocenters. The zero-order valence-electron chi connectivity index (χ0n) is 22.9. The van der Waals surface area contributed by atoms with Crippen molar-refractivity contribution in [3.63, 3.8) is 0 Å². The van der Waals surface area contributed by atoms with E-state index < -0.39 is 11.6 Å². The van der Waals surface area contributed by atoms with E-state index in [4.69, 9.17) is 14.6 Å². The molecule has 1 aromatic heterocycles. The second-order valence-corrected chi connectivity index (χ2v) is 12.1. The minimum atomic E-state index is -1.01. The van der Waals surface area contributed by atoms with Crippen molar-refractivity contribution in [1.82, 2.24) is 15.3 Å². The summed E-state index contributed by atoms with van der Waals surface area (Å²) in [7, 11) is 0. The highest BCUT2D eigenvalue weighted by Crippen LogP contribution is 2.46. The molecule has 0 radical (unpaired) electrons. The van der Waals surface area contributed by atoms with Crippen LogP contribution in [-0.2, 0) is 16.8 Å². The Labute approximate surface area is 233 Å². The van der Waals surface area contributed by atoms with Crippen molar-refractivity contribution >= 4 is 17.8 Å². The van der Waals surface area contributed by atoms with Crippen molar-refractivity contribution in [2.45, 2.75) is 57.1 Å². The van der Waals surface area contributed by atoms with Gasteiger partial charge in [-0.05, 0) is 54.3 Å². The molecule has 1 amide bonds. The van der Waals surface area contributed by atoms with E-state index >= 15 is 0 Å². The molecule has 9 heteroatoms. The Bertz CT molecular complexity index is 1400. The van der Waals surface area contributed by atoms with Gasteiger partial charge in [0.1, 0.15) is 30.5 Å². The lowest BCUT2D eigenvalue weighted by molar-refractivity contribution is -0.134. The topological polar surface area (TPSA) is 114 Å². The SMILES string of the molecule is CC(C)(c1ccc(OCc2ccnc(N3CC4(CC(=O)C4)C3)n2)cc1)c1ccc(OCC2(NC(=O)O)CC2)cc1. The number of carbonyl (C=O) groups is 2. The quantitative estimate of drug-likeness (QED) is 0.378. The number of carboxylic acid groups (broad SMARTS) is 1. The van der Waals surface area contributed by atoms with Crippen LogP contribution in [0.15, 0.2) is 60.8 Å². The summed E-state index contributed by atoms with van der Waals surface area (Å²) in [6.45, 7) is 6.73. The molecule has 1 aliphatic heterocycles. The summed E-state index contributed by atoms with van der Waals surface area (Å²) in [6, 6.07) is 18.0. The van der Waals surface area contributed by atoms with Gasteiger partial charge in [0.25, 0.3) is 0 Å². The predicted octanol–water partition coefficient (Wildman–Crippen LogP) is 4.73. The van der Waals surface area contributed by atoms with Crippen LogP contribution in [-0.4, -0.2) is 52.2 Å². The van der Waals surface area contributed by atoms with Crippen LogP contribution in [0.4, 0.5) is 10.7 Å². The molecule has 9 nitrogen and oxygen atoms in total. The number of ketones is 1. The number of carbonyl (C=O) groups excluding carboxylic acids is 1. The number of ether oxygens (including phenoxy) is 2. The third-order valence-corrected chi connectivity index (χ3v) is 8.46. The number of benzene rings is 2. The molecule has 0 unspecified atom stereocenters. The smallest absolute Gasteiger partial charge is 0.405 e. The normalized spacial score (nSPS) is 18.4. The molecule has 2 N–H and O–H groups in total. The van der Waals surface area contributed by atoms with Gasteiger partial charge in [0.2, 0.25) is 5.95 Å². The van der Waals surface area contributed by atoms with Gasteiger partial charge in [-0.1, -0.05) is 38.1 Å². The van der Waals surface area contributed by atoms with E-state index in [2.05, 4.69) is 58.3 Å². The lowest BCUT2D eigenvalue weighted by Gasteiger charge is -2.54. The zero-order chi connectivity index (χ0) is 28.0. The molecule has 1 saturated heterocycles. The van der Waals surface area contributed by atoms with Crippen molar-refractivity contribution in [3.05, 3.63) is 77.6 Å². The Balaban J connectivity index is 1.02. The highest BCUT2D eigenvalue weighted by Gasteiger charge is 2.52. The van der Waals surface area contributed by atoms with Crippen LogP contribution in [0.25, 0.3) is 0 Å². The van der Waals surface area contributed by atoms with Crippen molar-refractivity contribution < 1.29 is 24.2 Å². The molecule has 6 rings (SSSR count). The van der Waals surface area contributed by atoms with E-state index in [0.717, 1.165) is 54.3 Å². The number of hydrogen-bond donors (Lipinski definition) is 2. The van der Waals surface area contributed by atoms with Gasteiger partial charge >= 0.3 is 6.09 Å². The Morgan fingerprint density at radius 1 is 0.975 bits per heavy atom. The van der Waals surface area contributed by atoms with E-state index in [1.54, 1.807) is 6.20 Å². The van der Waals surface area contributed by atoms with Crippen LogP contribution in [0.3, 0.4) is 0 Å². The maximum atomic E-state index is 11.4. The fourth-order valence-electron chi connectivity index (χ4n) is 5.69. The van der Waals surface area contributed by atoms with Gasteiger partial charge in [-0.2, -0.15) is 0 Å². The summed E-state index contributed by atoms with van der Waals surface area (Å²) in [6.07, 6.45) is 3.72. The van der Waals surface area contributed by atoms with Gasteiger partial charge in [-0.3, -0.25) is 4.79 Å². The van der Waals surface area contributed by atoms with Gasteiger partial charge < -0.3 is 24.8 Å². The van der Waals surface area contributed by atoms with Crippen molar-refractivity contribution in [2.75, 3.05) is 24.6 Å². The summed E-state index contributed by atoms with van der Waals surface area (Å²) < 4.78 is 11.9. The Morgan fingerprint density at radius 3 is 2.12 bits per heavy atom. The minimum absolute atomic E-state index is 0.165. The van der Waals surface area contributed by atoms with Crippen LogP contribution in [0.5, 0.6) is 11.5 Å². The van der Waals surface area contributed by atoms with Gasteiger partial charge in [-0.25, -0.2) is 14.8 Å². The number of rotatable bonds is 10. The van der Waals surface area contributed by atoms with Gasteiger partial charge in [-0.15, -0.1) is 0 Å². The van der Waals surface area contributed by atoms with Crippen molar-refractivity contribution in [2.24, 2.45) is 5.41 Å². The summed E-state index contributed by atoms with van der Waals surface area (Å²) in [5, 5.41) is 11.6. The molecule has 208 valence electrons. The van der Waals surface area contributed by atoms with Crippen LogP contribution in [0.2, 0.25) is 0 Å². The van der Waals surface area contributed by atoms with E-state index in [1.165, 1.54) is 0 Å². The molecule has 3 aliphatic rings. The third kappa shape index (κ3) is 5.33. The Kier molecular flexibility index (Phi) is 6.40. The first kappa shape index (κ1) is 26.1. The molecule has 3 fully saturated rings. The van der Waals surface area contributed by atoms with Gasteiger partial charge in [0.05, 0.1) is 11.2 Å². The zero-order valence-corrected chi connectivity index (χ0v) is 22.9. The fraction of sp³-hybridized carbons (Fsp3) is 0.419. The highest BCUT2D eigenvalue weighted by molar-refractivity contribution is 5.87. The van der Waals surface area contributed by atoms with Crippen molar-refractivity contribution in [3.8, 4) is 11.5 Å². The molecule has 0 bridgehead atoms. The molecule has 1 spiro atoms. The van der Waals surface area contributed by atoms with E-state index in [0.29, 0.717) is 37.8 Å². The van der Waals surface area contributed by atoms with Crippen LogP contribution in [0, 0.1) is 5.41 Å². The van der Waals surface area contributed by atoms with E-state index in [1.807, 2.05) is 30.3 Å². The minimum Gasteiger partial charge on any atom is -0.491 e. The molecule has 2 aliphatic carbocycles. The van der Waals surface area contributed by atoms with Crippen LogP contribution in [0.1, 0.15) is 56.4 Å². The number of aromatic nitrogens is 2. The summed E-state index contributed by atoms with van der Waals surface area (Å²) in [5.74, 6) is 2.55. The summed E-state index contributed by atoms with van der Waals surface area (Å²) in [5.41, 5.74) is 2.60. The first-order chi connectivity index (χ1) is 19.1. The van der Waals surface area contributed by atoms with Gasteiger partial charge in [0.15, 0.2) is 0 Å². The van der Waals surface area contributed by atoms with Crippen LogP contribution < -0.4 is 19.7 Å². The first-order valence-corrected chi connectivity index (χ1v) is 13.7. The first-order valence-electron chi connectivity index (χ1n) is 13.7. The maximum Gasteiger partial charge on any atom is 0.405 e. The molecular weight excluding hydrogens is 508 g/mol. The monoisotopic (exact) mass is 542 g/mol. The van der Waals surface area contributed by atoms with Crippen LogP contribution >= 0.6 is 0 Å². The number of hydrogen-bond acceptors (Lipinski definition) is 7. The summed E-state index contributed by atoms with van der Waals surface area (Å²) in [4.78, 5) is 33.5. The molecule has 2 saturated carbocycles. The number of Topliss-reactive ketones (excluding diaryl/α,β-unsaturated/α-hetero) is 1. The summed E-state index contributed by atoms with van der Waals surface area (Å²) >= 11 is 0. The number of nitrogens with zero attached hydrogens (tertiary/aromatic N) is 3. The highest BCUT2D eigenvalue weighted by atomic mass is 16.5. The average Bonchev–Trinajstić information content (AvgIpc) is 3.67. The van der Waals surface area contributed by atoms with E-state index in [-0.39, 0.29) is 10.8 Å². The number of nitrogens with one attached hydrogen (secondary N) is 1. The van der Waals surface area contributed by atoms with E-state index in [9.17, 15) is 9.59 Å².